The normalized spacial score (nSPS) is 12.1. The molecule has 0 aromatic rings. The van der Waals surface area contributed by atoms with Crippen LogP contribution in [-0.2, 0) is 28.6 Å². The molecular weight excluding hydrogens is 709 g/mol. The fourth-order valence-corrected chi connectivity index (χ4v) is 7.64. The Bertz CT molecular complexity index is 870. The predicted molar refractivity (Wildman–Crippen MR) is 243 cm³/mol. The van der Waals surface area contributed by atoms with Crippen LogP contribution in [0.15, 0.2) is 0 Å². The molecule has 0 aliphatic heterocycles. The lowest BCUT2D eigenvalue weighted by Gasteiger charge is -2.18. The first-order valence-corrected chi connectivity index (χ1v) is 25.2. The molecule has 0 aromatic carbocycles. The summed E-state index contributed by atoms with van der Waals surface area (Å²) in [5, 5.41) is 0. The lowest BCUT2D eigenvalue weighted by atomic mass is 10.0. The van der Waals surface area contributed by atoms with E-state index in [1.54, 1.807) is 0 Å². The molecule has 0 heterocycles. The van der Waals surface area contributed by atoms with Gasteiger partial charge in [0, 0.05) is 19.3 Å². The van der Waals surface area contributed by atoms with Crippen LogP contribution in [0.25, 0.3) is 0 Å². The van der Waals surface area contributed by atoms with Crippen molar-refractivity contribution in [1.29, 1.82) is 0 Å². The SMILES string of the molecule is CCCCCCCCCCCCCCCCCCCC(=O)OC[C@@H](COC(=O)CCCCCCCCC(C)C)OC(=O)CCCCCCCCCCCCC(C)C. The first-order valence-electron chi connectivity index (χ1n) is 25.2. The van der Waals surface area contributed by atoms with Crippen LogP contribution in [0.2, 0.25) is 0 Å². The van der Waals surface area contributed by atoms with E-state index >= 15 is 0 Å². The monoisotopic (exact) mass is 807 g/mol. The molecule has 0 N–H and O–H groups in total. The second kappa shape index (κ2) is 44.0. The minimum absolute atomic E-state index is 0.0648. The highest BCUT2D eigenvalue weighted by Gasteiger charge is 2.19. The molecular formula is C51H98O6. The van der Waals surface area contributed by atoms with E-state index in [0.717, 1.165) is 69.6 Å². The quantitative estimate of drug-likeness (QED) is 0.0346. The van der Waals surface area contributed by atoms with Crippen molar-refractivity contribution in [2.75, 3.05) is 13.2 Å². The maximum atomic E-state index is 12.7. The Morgan fingerprint density at radius 1 is 0.333 bits per heavy atom. The zero-order chi connectivity index (χ0) is 41.9. The summed E-state index contributed by atoms with van der Waals surface area (Å²) < 4.78 is 16.8. The van der Waals surface area contributed by atoms with E-state index in [1.165, 1.54) is 167 Å². The summed E-state index contributed by atoms with van der Waals surface area (Å²) in [5.41, 5.74) is 0. The van der Waals surface area contributed by atoms with E-state index in [2.05, 4.69) is 34.6 Å². The highest BCUT2D eigenvalue weighted by Crippen LogP contribution is 2.17. The second-order valence-corrected chi connectivity index (χ2v) is 18.4. The third-order valence-electron chi connectivity index (χ3n) is 11.5. The molecule has 338 valence electrons. The number of rotatable bonds is 45. The molecule has 0 aromatic heterocycles. The first-order chi connectivity index (χ1) is 27.7. The molecule has 0 spiro atoms. The van der Waals surface area contributed by atoms with Gasteiger partial charge in [-0.25, -0.2) is 0 Å². The van der Waals surface area contributed by atoms with E-state index < -0.39 is 6.10 Å². The van der Waals surface area contributed by atoms with Gasteiger partial charge < -0.3 is 14.2 Å². The van der Waals surface area contributed by atoms with Crippen LogP contribution in [-0.4, -0.2) is 37.2 Å². The van der Waals surface area contributed by atoms with Gasteiger partial charge in [0.15, 0.2) is 6.10 Å². The van der Waals surface area contributed by atoms with Crippen LogP contribution in [0.5, 0.6) is 0 Å². The minimum atomic E-state index is -0.762. The van der Waals surface area contributed by atoms with E-state index in [9.17, 15) is 14.4 Å². The Morgan fingerprint density at radius 3 is 0.860 bits per heavy atom. The molecule has 0 radical (unpaired) electrons. The van der Waals surface area contributed by atoms with Crippen molar-refractivity contribution >= 4 is 17.9 Å². The maximum Gasteiger partial charge on any atom is 0.306 e. The zero-order valence-electron chi connectivity index (χ0n) is 39.0. The summed E-state index contributed by atoms with van der Waals surface area (Å²) in [4.78, 5) is 37.8. The van der Waals surface area contributed by atoms with Crippen molar-refractivity contribution in [3.8, 4) is 0 Å². The van der Waals surface area contributed by atoms with Gasteiger partial charge in [-0.05, 0) is 31.1 Å². The van der Waals surface area contributed by atoms with Gasteiger partial charge in [-0.2, -0.15) is 0 Å². The van der Waals surface area contributed by atoms with Gasteiger partial charge >= 0.3 is 17.9 Å². The molecule has 0 fully saturated rings. The Hall–Kier alpha value is -1.59. The topological polar surface area (TPSA) is 78.9 Å². The van der Waals surface area contributed by atoms with Gasteiger partial charge in [0.2, 0.25) is 0 Å². The number of hydrogen-bond donors (Lipinski definition) is 0. The number of carbonyl (C=O) groups excluding carboxylic acids is 3. The largest absolute Gasteiger partial charge is 0.462 e. The van der Waals surface area contributed by atoms with Crippen molar-refractivity contribution in [3.05, 3.63) is 0 Å². The van der Waals surface area contributed by atoms with Gasteiger partial charge in [-0.1, -0.05) is 240 Å². The van der Waals surface area contributed by atoms with Crippen molar-refractivity contribution in [1.82, 2.24) is 0 Å². The molecule has 6 nitrogen and oxygen atoms in total. The Morgan fingerprint density at radius 2 is 0.579 bits per heavy atom. The first kappa shape index (κ1) is 55.4. The molecule has 0 bridgehead atoms. The van der Waals surface area contributed by atoms with Crippen molar-refractivity contribution in [3.63, 3.8) is 0 Å². The summed E-state index contributed by atoms with van der Waals surface area (Å²) in [7, 11) is 0. The van der Waals surface area contributed by atoms with Gasteiger partial charge in [-0.15, -0.1) is 0 Å². The Kier molecular flexibility index (Phi) is 42.7. The number of carbonyl (C=O) groups is 3. The number of ether oxygens (including phenoxy) is 3. The molecule has 0 aliphatic carbocycles. The highest BCUT2D eigenvalue weighted by molar-refractivity contribution is 5.71. The molecule has 57 heavy (non-hydrogen) atoms. The molecule has 0 rings (SSSR count). The number of unbranched alkanes of at least 4 members (excludes halogenated alkanes) is 30. The summed E-state index contributed by atoms with van der Waals surface area (Å²) in [6, 6.07) is 0. The lowest BCUT2D eigenvalue weighted by molar-refractivity contribution is -0.167. The smallest absolute Gasteiger partial charge is 0.306 e. The average molecular weight is 807 g/mol. The minimum Gasteiger partial charge on any atom is -0.462 e. The number of hydrogen-bond acceptors (Lipinski definition) is 6. The Labute approximate surface area is 355 Å². The predicted octanol–water partition coefficient (Wildman–Crippen LogP) is 16.1. The Balaban J connectivity index is 4.26. The fourth-order valence-electron chi connectivity index (χ4n) is 7.64. The summed E-state index contributed by atoms with van der Waals surface area (Å²) in [6.07, 6.45) is 43.9. The molecule has 0 saturated heterocycles. The molecule has 0 amide bonds. The van der Waals surface area contributed by atoms with Gasteiger partial charge in [0.25, 0.3) is 0 Å². The maximum absolute atomic E-state index is 12.7. The van der Waals surface area contributed by atoms with Crippen molar-refractivity contribution in [2.45, 2.75) is 285 Å². The number of esters is 3. The van der Waals surface area contributed by atoms with Crippen LogP contribution >= 0.6 is 0 Å². The molecule has 0 aliphatic rings. The van der Waals surface area contributed by atoms with E-state index in [0.29, 0.717) is 19.3 Å². The molecule has 0 saturated carbocycles. The average Bonchev–Trinajstić information content (AvgIpc) is 3.18. The van der Waals surface area contributed by atoms with E-state index in [1.807, 2.05) is 0 Å². The third kappa shape index (κ3) is 45.3. The summed E-state index contributed by atoms with van der Waals surface area (Å²) >= 11 is 0. The van der Waals surface area contributed by atoms with E-state index in [4.69, 9.17) is 14.2 Å². The van der Waals surface area contributed by atoms with Gasteiger partial charge in [0.05, 0.1) is 0 Å². The molecule has 0 unspecified atom stereocenters. The fraction of sp³-hybridized carbons (Fsp3) is 0.941. The van der Waals surface area contributed by atoms with Crippen LogP contribution in [0.4, 0.5) is 0 Å². The van der Waals surface area contributed by atoms with Crippen LogP contribution < -0.4 is 0 Å². The molecule has 6 heteroatoms. The summed E-state index contributed by atoms with van der Waals surface area (Å²) in [6.45, 7) is 11.3. The van der Waals surface area contributed by atoms with Gasteiger partial charge in [0.1, 0.15) is 13.2 Å². The lowest BCUT2D eigenvalue weighted by Crippen LogP contribution is -2.30. The molecule has 1 atom stereocenters. The van der Waals surface area contributed by atoms with Crippen molar-refractivity contribution < 1.29 is 28.6 Å². The van der Waals surface area contributed by atoms with Crippen LogP contribution in [0, 0.1) is 11.8 Å². The van der Waals surface area contributed by atoms with Crippen LogP contribution in [0.3, 0.4) is 0 Å². The third-order valence-corrected chi connectivity index (χ3v) is 11.5. The highest BCUT2D eigenvalue weighted by atomic mass is 16.6. The summed E-state index contributed by atoms with van der Waals surface area (Å²) in [5.74, 6) is 0.724. The van der Waals surface area contributed by atoms with Crippen molar-refractivity contribution in [2.24, 2.45) is 11.8 Å². The standard InChI is InChI=1S/C51H98O6/c1-6-7-8-9-10-11-12-13-14-15-16-17-18-22-25-31-36-41-49(52)55-44-48(45-56-50(53)42-37-32-28-27-30-35-40-47(4)5)57-51(54)43-38-33-26-23-20-19-21-24-29-34-39-46(2)3/h46-48H,6-45H2,1-5H3/t48-/m0/s1. The van der Waals surface area contributed by atoms with Crippen LogP contribution in [0.1, 0.15) is 279 Å². The van der Waals surface area contributed by atoms with Gasteiger partial charge in [-0.3, -0.25) is 14.4 Å². The second-order valence-electron chi connectivity index (χ2n) is 18.4. The van der Waals surface area contributed by atoms with E-state index in [-0.39, 0.29) is 31.1 Å². The zero-order valence-corrected chi connectivity index (χ0v) is 39.0.